The van der Waals surface area contributed by atoms with Gasteiger partial charge < -0.3 is 31.0 Å². The second-order valence-corrected chi connectivity index (χ2v) is 9.26. The van der Waals surface area contributed by atoms with E-state index in [1.54, 1.807) is 6.20 Å². The van der Waals surface area contributed by atoms with Crippen LogP contribution in [0, 0.1) is 11.3 Å². The molecule has 1 aromatic carbocycles. The molecule has 2 aliphatic heterocycles. The normalized spacial score (nSPS) is 20.1. The van der Waals surface area contributed by atoms with Crippen LogP contribution in [0.15, 0.2) is 42.6 Å². The van der Waals surface area contributed by atoms with E-state index in [1.807, 2.05) is 36.4 Å². The van der Waals surface area contributed by atoms with Crippen LogP contribution < -0.4 is 20.9 Å². The number of ether oxygens (including phenoxy) is 1. The lowest BCUT2D eigenvalue weighted by Crippen LogP contribution is -2.44. The van der Waals surface area contributed by atoms with Crippen molar-refractivity contribution >= 4 is 35.3 Å². The summed E-state index contributed by atoms with van der Waals surface area (Å²) >= 11 is 0. The summed E-state index contributed by atoms with van der Waals surface area (Å²) in [6, 6.07) is 11.8. The van der Waals surface area contributed by atoms with Crippen LogP contribution in [-0.2, 0) is 9.53 Å². The zero-order valence-electron chi connectivity index (χ0n) is 20.4. The number of H-pyrrole nitrogens is 1. The fraction of sp³-hybridized carbons (Fsp3) is 0.385. The molecule has 3 aromatic rings. The molecule has 5 rings (SSSR count). The molecule has 0 saturated carbocycles. The van der Waals surface area contributed by atoms with Gasteiger partial charge in [0.2, 0.25) is 5.91 Å². The number of hydrogen-bond donors (Lipinski definition) is 5. The quantitative estimate of drug-likeness (QED) is 0.322. The van der Waals surface area contributed by atoms with Crippen molar-refractivity contribution in [1.82, 2.24) is 20.5 Å². The van der Waals surface area contributed by atoms with Crippen molar-refractivity contribution in [2.75, 3.05) is 48.4 Å². The number of rotatable bonds is 7. The van der Waals surface area contributed by atoms with E-state index >= 15 is 0 Å². The Morgan fingerprint density at radius 3 is 2.83 bits per heavy atom. The van der Waals surface area contributed by atoms with E-state index in [4.69, 9.17) is 15.1 Å². The number of hydrogen-bond acceptors (Lipinski definition) is 8. The summed E-state index contributed by atoms with van der Waals surface area (Å²) < 4.78 is 5.62. The zero-order valence-corrected chi connectivity index (χ0v) is 20.4. The molecular formula is C26H32N8O2. The number of anilines is 4. The fourth-order valence-corrected chi connectivity index (χ4v) is 4.74. The van der Waals surface area contributed by atoms with Crippen LogP contribution in [0.25, 0.3) is 11.1 Å². The molecule has 5 N–H and O–H groups in total. The molecule has 0 aliphatic carbocycles. The Kier molecular flexibility index (Phi) is 7.24. The minimum absolute atomic E-state index is 0.00248. The first kappa shape index (κ1) is 24.0. The van der Waals surface area contributed by atoms with Crippen molar-refractivity contribution in [2.24, 2.45) is 5.92 Å². The van der Waals surface area contributed by atoms with Crippen LogP contribution in [0.1, 0.15) is 25.3 Å². The molecule has 0 bridgehead atoms. The Morgan fingerprint density at radius 2 is 2.14 bits per heavy atom. The first-order valence-electron chi connectivity index (χ1n) is 12.4. The van der Waals surface area contributed by atoms with Gasteiger partial charge in [-0.15, -0.1) is 0 Å². The molecule has 36 heavy (non-hydrogen) atoms. The smallest absolute Gasteiger partial charge is 0.228 e. The molecule has 4 heterocycles. The maximum Gasteiger partial charge on any atom is 0.228 e. The summed E-state index contributed by atoms with van der Waals surface area (Å²) in [5.41, 5.74) is 3.24. The van der Waals surface area contributed by atoms with Crippen molar-refractivity contribution in [3.63, 3.8) is 0 Å². The number of benzene rings is 1. The Morgan fingerprint density at radius 1 is 1.28 bits per heavy atom. The Hall–Kier alpha value is -3.76. The first-order chi connectivity index (χ1) is 17.6. The minimum atomic E-state index is -0.00248. The van der Waals surface area contributed by atoms with Gasteiger partial charge in [0.15, 0.2) is 0 Å². The highest BCUT2D eigenvalue weighted by atomic mass is 16.5. The molecule has 1 amide bonds. The number of pyridine rings is 1. The summed E-state index contributed by atoms with van der Waals surface area (Å²) in [5.74, 6) is 2.13. The van der Waals surface area contributed by atoms with Crippen molar-refractivity contribution in [3.8, 4) is 11.1 Å². The second-order valence-electron chi connectivity index (χ2n) is 9.26. The molecule has 2 saturated heterocycles. The first-order valence-corrected chi connectivity index (χ1v) is 12.4. The van der Waals surface area contributed by atoms with Crippen LogP contribution in [0.5, 0.6) is 0 Å². The maximum absolute atomic E-state index is 12.6. The number of aromatic nitrogens is 3. The van der Waals surface area contributed by atoms with Gasteiger partial charge in [-0.3, -0.25) is 9.89 Å². The molecule has 2 aromatic heterocycles. The van der Waals surface area contributed by atoms with Crippen LogP contribution in [0.3, 0.4) is 0 Å². The molecule has 2 aliphatic rings. The van der Waals surface area contributed by atoms with E-state index in [9.17, 15) is 4.79 Å². The molecule has 10 nitrogen and oxygen atoms in total. The van der Waals surface area contributed by atoms with Crippen molar-refractivity contribution < 1.29 is 9.53 Å². The van der Waals surface area contributed by atoms with E-state index in [0.717, 1.165) is 55.1 Å². The van der Waals surface area contributed by atoms with Gasteiger partial charge in [-0.25, -0.2) is 4.98 Å². The molecule has 0 radical (unpaired) electrons. The SMILES string of the molecule is C[C@@H]1COCCN1c1cc(-c2ccc(NC(=O)C3CCCNC3)cc2)c(C=N)c(Nc2ccn[nH]2)n1. The third-order valence-corrected chi connectivity index (χ3v) is 6.74. The number of piperidine rings is 1. The van der Waals surface area contributed by atoms with E-state index in [-0.39, 0.29) is 17.9 Å². The van der Waals surface area contributed by atoms with Gasteiger partial charge in [0.25, 0.3) is 0 Å². The lowest BCUT2D eigenvalue weighted by atomic mass is 9.98. The van der Waals surface area contributed by atoms with Crippen LogP contribution >= 0.6 is 0 Å². The van der Waals surface area contributed by atoms with E-state index in [0.29, 0.717) is 30.4 Å². The average molecular weight is 489 g/mol. The lowest BCUT2D eigenvalue weighted by Gasteiger charge is -2.35. The van der Waals surface area contributed by atoms with Crippen molar-refractivity contribution in [2.45, 2.75) is 25.8 Å². The Balaban J connectivity index is 1.47. The average Bonchev–Trinajstić information content (AvgIpc) is 3.42. The predicted octanol–water partition coefficient (Wildman–Crippen LogP) is 3.38. The van der Waals surface area contributed by atoms with Crippen molar-refractivity contribution in [1.29, 1.82) is 5.41 Å². The van der Waals surface area contributed by atoms with Crippen LogP contribution in [0.4, 0.5) is 23.1 Å². The van der Waals surface area contributed by atoms with Gasteiger partial charge in [0.1, 0.15) is 17.5 Å². The zero-order chi connectivity index (χ0) is 24.9. The number of aromatic amines is 1. The van der Waals surface area contributed by atoms with E-state index in [2.05, 4.69) is 38.0 Å². The molecule has 2 atom stereocenters. The van der Waals surface area contributed by atoms with E-state index < -0.39 is 0 Å². The summed E-state index contributed by atoms with van der Waals surface area (Å²) in [5, 5.41) is 24.7. The number of carbonyl (C=O) groups excluding carboxylic acids is 1. The molecule has 10 heteroatoms. The third kappa shape index (κ3) is 5.24. The third-order valence-electron chi connectivity index (χ3n) is 6.74. The Bertz CT molecular complexity index is 1190. The number of morpholine rings is 1. The van der Waals surface area contributed by atoms with Crippen LogP contribution in [0.2, 0.25) is 0 Å². The maximum atomic E-state index is 12.6. The highest BCUT2D eigenvalue weighted by Gasteiger charge is 2.24. The standard InChI is InChI=1S/C26H32N8O2/c1-17-16-36-12-11-34(17)24-13-21(22(14-27)25(32-24)31-23-8-10-29-33-23)18-4-6-20(7-5-18)30-26(35)19-3-2-9-28-15-19/h4-8,10,13-14,17,19,27-28H,2-3,9,11-12,15-16H2,1H3,(H,30,35)(H2,29,31,32,33)/t17-,19?/m1/s1. The van der Waals surface area contributed by atoms with Gasteiger partial charge in [0, 0.05) is 36.6 Å². The van der Waals surface area contributed by atoms with E-state index in [1.165, 1.54) is 6.21 Å². The minimum Gasteiger partial charge on any atom is -0.377 e. The summed E-state index contributed by atoms with van der Waals surface area (Å²) in [6.07, 6.45) is 4.91. The molecule has 1 unspecified atom stereocenters. The number of amides is 1. The number of carbonyl (C=O) groups is 1. The summed E-state index contributed by atoms with van der Waals surface area (Å²) in [7, 11) is 0. The topological polar surface area (TPSA) is 131 Å². The van der Waals surface area contributed by atoms with Gasteiger partial charge in [0.05, 0.1) is 31.4 Å². The molecule has 0 spiro atoms. The van der Waals surface area contributed by atoms with Gasteiger partial charge in [-0.05, 0) is 55.6 Å². The predicted molar refractivity (Wildman–Crippen MR) is 141 cm³/mol. The molecule has 2 fully saturated rings. The number of nitrogens with zero attached hydrogens (tertiary/aromatic N) is 3. The van der Waals surface area contributed by atoms with Crippen LogP contribution in [-0.4, -0.2) is 66.2 Å². The molecule has 188 valence electrons. The fourth-order valence-electron chi connectivity index (χ4n) is 4.74. The second kappa shape index (κ2) is 10.9. The highest BCUT2D eigenvalue weighted by molar-refractivity contribution is 5.97. The number of nitrogens with one attached hydrogen (secondary N) is 5. The van der Waals surface area contributed by atoms with Crippen molar-refractivity contribution in [3.05, 3.63) is 48.2 Å². The summed E-state index contributed by atoms with van der Waals surface area (Å²) in [6.45, 7) is 5.83. The highest BCUT2D eigenvalue weighted by Crippen LogP contribution is 2.34. The molecular weight excluding hydrogens is 456 g/mol. The summed E-state index contributed by atoms with van der Waals surface area (Å²) in [4.78, 5) is 19.8. The van der Waals surface area contributed by atoms with Gasteiger partial charge in [-0.1, -0.05) is 12.1 Å². The lowest BCUT2D eigenvalue weighted by molar-refractivity contribution is -0.120. The Labute approximate surface area is 210 Å². The largest absolute Gasteiger partial charge is 0.377 e. The monoisotopic (exact) mass is 488 g/mol. The van der Waals surface area contributed by atoms with Gasteiger partial charge in [-0.2, -0.15) is 5.10 Å². The van der Waals surface area contributed by atoms with Gasteiger partial charge >= 0.3 is 0 Å².